The fourth-order valence-electron chi connectivity index (χ4n) is 8.40. The number of rotatable bonds is 7. The van der Waals surface area contributed by atoms with E-state index in [1.54, 1.807) is 0 Å². The van der Waals surface area contributed by atoms with Crippen LogP contribution < -0.4 is 9.80 Å². The molecule has 2 saturated heterocycles. The van der Waals surface area contributed by atoms with Crippen LogP contribution in [0.4, 0.5) is 11.4 Å². The Labute approximate surface area is 293 Å². The molecule has 0 radical (unpaired) electrons. The first kappa shape index (κ1) is 32.0. The van der Waals surface area contributed by atoms with Gasteiger partial charge in [-0.1, -0.05) is 48.5 Å². The van der Waals surface area contributed by atoms with E-state index in [1.165, 1.54) is 0 Å². The molecular weight excluding hydrogens is 624 g/mol. The molecule has 0 unspecified atom stereocenters. The summed E-state index contributed by atoms with van der Waals surface area (Å²) in [5.74, 6) is 0.379. The molecule has 0 aromatic heterocycles. The molecule has 8 rings (SSSR count). The normalized spacial score (nSPS) is 16.8. The maximum absolute atomic E-state index is 14.0. The van der Waals surface area contributed by atoms with Gasteiger partial charge in [0.05, 0.1) is 0 Å². The molecule has 50 heavy (non-hydrogen) atoms. The summed E-state index contributed by atoms with van der Waals surface area (Å²) < 4.78 is 0. The largest absolute Gasteiger partial charge is 0.338 e. The number of benzene rings is 4. The lowest BCUT2D eigenvalue weighted by molar-refractivity contribution is -0.129. The molecule has 0 atom stereocenters. The van der Waals surface area contributed by atoms with Crippen molar-refractivity contribution in [1.29, 1.82) is 0 Å². The fraction of sp³-hybridized carbons (Fsp3) is 0.333. The number of likely N-dealkylation sites (tertiary alicyclic amines) is 2. The van der Waals surface area contributed by atoms with Gasteiger partial charge in [-0.15, -0.1) is 0 Å². The topological polar surface area (TPSA) is 81.2 Å². The Morgan fingerprint density at radius 3 is 1.38 bits per heavy atom. The lowest BCUT2D eigenvalue weighted by atomic mass is 9.93. The van der Waals surface area contributed by atoms with Crippen molar-refractivity contribution < 1.29 is 19.2 Å². The first-order valence-electron chi connectivity index (χ1n) is 17.9. The predicted molar refractivity (Wildman–Crippen MR) is 194 cm³/mol. The quantitative estimate of drug-likeness (QED) is 0.222. The van der Waals surface area contributed by atoms with E-state index in [0.717, 1.165) is 94.7 Å². The number of aryl methyl sites for hydroxylation is 2. The van der Waals surface area contributed by atoms with Crippen LogP contribution in [0.5, 0.6) is 0 Å². The van der Waals surface area contributed by atoms with Gasteiger partial charge < -0.3 is 19.6 Å². The van der Waals surface area contributed by atoms with E-state index in [2.05, 4.69) is 12.1 Å². The minimum Gasteiger partial charge on any atom is -0.338 e. The van der Waals surface area contributed by atoms with Crippen LogP contribution in [0.2, 0.25) is 0 Å². The smallest absolute Gasteiger partial charge is 0.258 e. The molecule has 4 aliphatic heterocycles. The highest BCUT2D eigenvalue weighted by molar-refractivity contribution is 6.10. The van der Waals surface area contributed by atoms with Gasteiger partial charge in [-0.25, -0.2) is 0 Å². The molecule has 4 aliphatic rings. The van der Waals surface area contributed by atoms with Crippen LogP contribution in [-0.2, 0) is 35.5 Å². The minimum atomic E-state index is -0.00863. The maximum Gasteiger partial charge on any atom is 0.258 e. The third kappa shape index (κ3) is 5.66. The Hall–Kier alpha value is -5.24. The van der Waals surface area contributed by atoms with E-state index in [4.69, 9.17) is 0 Å². The van der Waals surface area contributed by atoms with Gasteiger partial charge in [-0.2, -0.15) is 0 Å². The average molecular weight is 667 g/mol. The molecule has 254 valence electrons. The number of amides is 4. The summed E-state index contributed by atoms with van der Waals surface area (Å²) >= 11 is 0. The van der Waals surface area contributed by atoms with Gasteiger partial charge in [-0.3, -0.25) is 19.2 Å². The number of hydrogen-bond acceptors (Lipinski definition) is 4. The molecule has 0 N–H and O–H groups in total. The third-order valence-electron chi connectivity index (χ3n) is 11.0. The Morgan fingerprint density at radius 2 is 1.00 bits per heavy atom. The average Bonchev–Trinajstić information content (AvgIpc) is 3.92. The van der Waals surface area contributed by atoms with Gasteiger partial charge in [0.15, 0.2) is 0 Å². The highest BCUT2D eigenvalue weighted by atomic mass is 16.2. The van der Waals surface area contributed by atoms with E-state index in [0.29, 0.717) is 50.1 Å². The second-order valence-electron chi connectivity index (χ2n) is 14.2. The Kier molecular flexibility index (Phi) is 8.25. The summed E-state index contributed by atoms with van der Waals surface area (Å²) in [5.41, 5.74) is 11.7. The van der Waals surface area contributed by atoms with Crippen molar-refractivity contribution in [2.45, 2.75) is 65.5 Å². The molecule has 4 aromatic rings. The van der Waals surface area contributed by atoms with Crippen molar-refractivity contribution in [2.24, 2.45) is 0 Å². The van der Waals surface area contributed by atoms with Crippen molar-refractivity contribution >= 4 is 35.0 Å². The Morgan fingerprint density at radius 1 is 0.560 bits per heavy atom. The summed E-state index contributed by atoms with van der Waals surface area (Å²) in [6, 6.07) is 24.3. The summed E-state index contributed by atoms with van der Waals surface area (Å²) in [6.45, 7) is 7.92. The number of fused-ring (bicyclic) bond motifs is 2. The molecule has 2 fully saturated rings. The second kappa shape index (κ2) is 12.9. The van der Waals surface area contributed by atoms with Crippen molar-refractivity contribution in [1.82, 2.24) is 9.80 Å². The van der Waals surface area contributed by atoms with Gasteiger partial charge in [-0.05, 0) is 108 Å². The van der Waals surface area contributed by atoms with Crippen molar-refractivity contribution in [3.05, 3.63) is 117 Å². The third-order valence-corrected chi connectivity index (χ3v) is 11.0. The van der Waals surface area contributed by atoms with Crippen molar-refractivity contribution in [3.63, 3.8) is 0 Å². The number of carbonyl (C=O) groups is 4. The van der Waals surface area contributed by atoms with Gasteiger partial charge >= 0.3 is 0 Å². The van der Waals surface area contributed by atoms with Crippen LogP contribution in [0, 0.1) is 13.8 Å². The molecule has 0 saturated carbocycles. The summed E-state index contributed by atoms with van der Waals surface area (Å²) in [5, 5.41) is 0. The monoisotopic (exact) mass is 666 g/mol. The number of nitrogens with zero attached hydrogens (tertiary/aromatic N) is 4. The molecule has 0 spiro atoms. The first-order chi connectivity index (χ1) is 24.3. The zero-order valence-corrected chi connectivity index (χ0v) is 28.8. The lowest BCUT2D eigenvalue weighted by Gasteiger charge is -2.21. The van der Waals surface area contributed by atoms with E-state index < -0.39 is 0 Å². The highest BCUT2D eigenvalue weighted by Gasteiger charge is 2.32. The molecule has 0 bridgehead atoms. The number of carbonyl (C=O) groups excluding carboxylic acids is 4. The number of hydrogen-bond donors (Lipinski definition) is 0. The van der Waals surface area contributed by atoms with Gasteiger partial charge in [0.25, 0.3) is 11.8 Å². The van der Waals surface area contributed by atoms with Crippen LogP contribution >= 0.6 is 0 Å². The minimum absolute atomic E-state index is 0.00863. The highest BCUT2D eigenvalue weighted by Crippen LogP contribution is 2.42. The maximum atomic E-state index is 14.0. The molecular formula is C42H42N4O4. The summed E-state index contributed by atoms with van der Waals surface area (Å²) in [6.07, 6.45) is 4.57. The van der Waals surface area contributed by atoms with Crippen LogP contribution in [-0.4, -0.2) is 59.6 Å². The van der Waals surface area contributed by atoms with Crippen molar-refractivity contribution in [2.75, 3.05) is 36.0 Å². The second-order valence-corrected chi connectivity index (χ2v) is 14.2. The van der Waals surface area contributed by atoms with Gasteiger partial charge in [0.2, 0.25) is 11.8 Å². The van der Waals surface area contributed by atoms with Crippen LogP contribution in [0.3, 0.4) is 0 Å². The Balaban J connectivity index is 1.03. The fourth-order valence-corrected chi connectivity index (χ4v) is 8.40. The molecule has 8 nitrogen and oxygen atoms in total. The van der Waals surface area contributed by atoms with Gasteiger partial charge in [0.1, 0.15) is 0 Å². The molecule has 8 heteroatoms. The zero-order valence-electron chi connectivity index (χ0n) is 28.8. The van der Waals surface area contributed by atoms with Crippen LogP contribution in [0.1, 0.15) is 79.8 Å². The van der Waals surface area contributed by atoms with E-state index in [-0.39, 0.29) is 23.6 Å². The summed E-state index contributed by atoms with van der Waals surface area (Å²) in [4.78, 5) is 59.8. The number of anilines is 2. The zero-order chi connectivity index (χ0) is 34.5. The first-order valence-corrected chi connectivity index (χ1v) is 17.9. The van der Waals surface area contributed by atoms with E-state index >= 15 is 0 Å². The van der Waals surface area contributed by atoms with E-state index in [1.807, 2.05) is 94.1 Å². The van der Waals surface area contributed by atoms with Crippen LogP contribution in [0.15, 0.2) is 72.8 Å². The molecule has 4 aromatic carbocycles. The Bertz CT molecular complexity index is 1920. The van der Waals surface area contributed by atoms with Crippen molar-refractivity contribution in [3.8, 4) is 11.1 Å². The SMILES string of the molecule is Cc1cc(CN2CCCC2=O)ccc1C(=O)N1CCc2c(-c3cccc4c3CCN4C(=O)c3ccc(CN4CCCC4=O)cc3C)cccc21. The molecule has 4 amide bonds. The van der Waals surface area contributed by atoms with Crippen LogP contribution in [0.25, 0.3) is 11.1 Å². The predicted octanol–water partition coefficient (Wildman–Crippen LogP) is 6.62. The van der Waals surface area contributed by atoms with E-state index in [9.17, 15) is 19.2 Å². The summed E-state index contributed by atoms with van der Waals surface area (Å²) in [7, 11) is 0. The lowest BCUT2D eigenvalue weighted by Crippen LogP contribution is -2.29. The molecule has 0 aliphatic carbocycles. The standard InChI is InChI=1S/C42H42N4O4/c1-27-23-29(25-43-19-5-11-39(43)47)13-15-31(27)41(49)45-21-17-35-33(7-3-9-37(35)45)34-8-4-10-38-36(34)18-22-46(38)42(50)32-16-14-30(24-28(32)2)26-44-20-6-12-40(44)48/h3-4,7-10,13-16,23-24H,5-6,11-12,17-22,25-26H2,1-2H3. The van der Waals surface area contributed by atoms with Gasteiger partial charge in [0, 0.05) is 74.6 Å². The molecule has 4 heterocycles.